The molecule has 2 saturated carbocycles. The van der Waals surface area contributed by atoms with Gasteiger partial charge in [0.1, 0.15) is 0 Å². The molecule has 8 bridgehead atoms. The van der Waals surface area contributed by atoms with Crippen LogP contribution in [0.1, 0.15) is 51.4 Å². The number of nitrogens with zero attached hydrogens (tertiary/aromatic N) is 8. The molecule has 41 heavy (non-hydrogen) atoms. The first kappa shape index (κ1) is 25.3. The molecule has 5 aliphatic rings. The zero-order valence-electron chi connectivity index (χ0n) is 22.7. The molecule has 6 atom stereocenters. The second-order valence-electron chi connectivity index (χ2n) is 12.0. The third-order valence-corrected chi connectivity index (χ3v) is 9.79. The van der Waals surface area contributed by atoms with Gasteiger partial charge in [0, 0.05) is 39.6 Å². The van der Waals surface area contributed by atoms with E-state index in [0.29, 0.717) is 34.6 Å². The Bertz CT molecular complexity index is 1710. The minimum Gasteiger partial charge on any atom is -0.695 e. The van der Waals surface area contributed by atoms with Crippen LogP contribution in [0.5, 0.6) is 0 Å². The molecule has 2 fully saturated rings. The number of rotatable bonds is 0. The van der Waals surface area contributed by atoms with Gasteiger partial charge in [0.15, 0.2) is 0 Å². The van der Waals surface area contributed by atoms with Gasteiger partial charge < -0.3 is 40.6 Å². The number of aromatic nitrogens is 2. The van der Waals surface area contributed by atoms with Crippen molar-refractivity contribution in [2.75, 3.05) is 0 Å². The Labute approximate surface area is 248 Å². The summed E-state index contributed by atoms with van der Waals surface area (Å²) in [5.41, 5.74) is 1.42. The zero-order valence-corrected chi connectivity index (χ0v) is 23.7. The van der Waals surface area contributed by atoms with Crippen molar-refractivity contribution in [3.63, 3.8) is 0 Å². The number of hydrogen-bond donors (Lipinski definition) is 0. The Kier molecular flexibility index (Phi) is 6.07. The van der Waals surface area contributed by atoms with Crippen LogP contribution in [0.2, 0.25) is 0 Å². The SMILES string of the molecule is [Co].c1ccc2c3[n-]c(c2c1)[N-]C1N=C(N=c2[n-]c(c4ccccc24)=NC2=NC([N-]3)C3CCCCC23)C2CCCCC12. The van der Waals surface area contributed by atoms with Crippen LogP contribution in [-0.4, -0.2) is 24.0 Å². The molecule has 0 N–H and O–H groups in total. The van der Waals surface area contributed by atoms with Crippen molar-refractivity contribution in [1.82, 2.24) is 9.97 Å². The topological polar surface area (TPSA) is 106 Å². The van der Waals surface area contributed by atoms with E-state index in [1.54, 1.807) is 0 Å². The predicted molar refractivity (Wildman–Crippen MR) is 156 cm³/mol. The van der Waals surface area contributed by atoms with Gasteiger partial charge in [0.2, 0.25) is 0 Å². The Morgan fingerprint density at radius 1 is 0.537 bits per heavy atom. The van der Waals surface area contributed by atoms with Gasteiger partial charge in [-0.25, -0.2) is 0 Å². The van der Waals surface area contributed by atoms with Crippen LogP contribution in [0, 0.1) is 23.7 Å². The average molecular weight is 586 g/mol. The molecule has 9 heteroatoms. The maximum atomic E-state index is 5.22. The van der Waals surface area contributed by atoms with Crippen LogP contribution in [0.4, 0.5) is 11.6 Å². The van der Waals surface area contributed by atoms with Crippen LogP contribution in [0.25, 0.3) is 32.2 Å². The molecule has 1 radical (unpaired) electrons. The summed E-state index contributed by atoms with van der Waals surface area (Å²) >= 11 is 0. The van der Waals surface area contributed by atoms with Crippen LogP contribution in [-0.2, 0) is 16.8 Å². The Morgan fingerprint density at radius 3 is 1.46 bits per heavy atom. The van der Waals surface area contributed by atoms with Gasteiger partial charge in [-0.3, -0.25) is 11.6 Å². The molecule has 2 aromatic heterocycles. The van der Waals surface area contributed by atoms with Gasteiger partial charge in [-0.1, -0.05) is 85.0 Å². The summed E-state index contributed by atoms with van der Waals surface area (Å²) < 4.78 is 0. The molecule has 0 amide bonds. The second-order valence-corrected chi connectivity index (χ2v) is 12.0. The standard InChI is InChI=1S/C32H30N8.Co/c1-2-10-18-17(9-1)25-33-26(18)38-28-21-13-5-6-14-22(21)30(35-28)40-32-24-16-8-7-15-23(24)31(36-32)39-29-20-12-4-3-11-19(20)27(34-29)37-25;/h1-2,7-10,15-16,19-22,27-28H,3-6,11-14H2;/q-4;. The van der Waals surface area contributed by atoms with Gasteiger partial charge in [0.05, 0.1) is 11.7 Å². The molecule has 6 unspecified atom stereocenters. The monoisotopic (exact) mass is 585 g/mol. The predicted octanol–water partition coefficient (Wildman–Crippen LogP) is 5.96. The van der Waals surface area contributed by atoms with E-state index in [4.69, 9.17) is 40.6 Å². The first-order valence-corrected chi connectivity index (χ1v) is 14.9. The molecular weight excluding hydrogens is 555 g/mol. The average Bonchev–Trinajstić information content (AvgIpc) is 3.73. The summed E-state index contributed by atoms with van der Waals surface area (Å²) in [6.45, 7) is 0. The number of benzene rings is 2. The molecule has 3 aliphatic heterocycles. The maximum Gasteiger partial charge on any atom is 0.0565 e. The van der Waals surface area contributed by atoms with E-state index in [1.165, 1.54) is 25.7 Å². The summed E-state index contributed by atoms with van der Waals surface area (Å²) in [6, 6.07) is 16.6. The Balaban J connectivity index is 0.00000256. The second kappa shape index (κ2) is 9.84. The van der Waals surface area contributed by atoms with E-state index in [1.807, 2.05) is 0 Å². The molecule has 211 valence electrons. The van der Waals surface area contributed by atoms with Crippen molar-refractivity contribution in [2.24, 2.45) is 43.6 Å². The molecule has 2 aliphatic carbocycles. The number of aliphatic imine (C=N–C) groups is 2. The summed E-state index contributed by atoms with van der Waals surface area (Å²) in [5, 5.41) is 14.6. The fraction of sp³-hybridized carbons (Fsp3) is 0.438. The van der Waals surface area contributed by atoms with Gasteiger partial charge in [-0.15, -0.1) is 0 Å². The van der Waals surface area contributed by atoms with E-state index in [2.05, 4.69) is 48.5 Å². The third kappa shape index (κ3) is 4.00. The first-order chi connectivity index (χ1) is 19.8. The zero-order chi connectivity index (χ0) is 26.2. The summed E-state index contributed by atoms with van der Waals surface area (Å²) in [6.07, 6.45) is 8.82. The van der Waals surface area contributed by atoms with Gasteiger partial charge in [-0.05, 0) is 60.6 Å². The van der Waals surface area contributed by atoms with Crippen molar-refractivity contribution >= 4 is 44.9 Å². The molecule has 9 rings (SSSR count). The van der Waals surface area contributed by atoms with Crippen LogP contribution in [0.15, 0.2) is 68.5 Å². The Hall–Kier alpha value is -3.43. The van der Waals surface area contributed by atoms with Gasteiger partial charge in [0.25, 0.3) is 0 Å². The number of fused-ring (bicyclic) bond motifs is 18. The number of hydrogen-bond acceptors (Lipinski definition) is 4. The van der Waals surface area contributed by atoms with E-state index < -0.39 is 0 Å². The normalized spacial score (nSPS) is 30.0. The summed E-state index contributed by atoms with van der Waals surface area (Å²) in [7, 11) is 0. The first-order valence-electron chi connectivity index (χ1n) is 14.9. The molecule has 0 spiro atoms. The smallest absolute Gasteiger partial charge is 0.0565 e. The van der Waals surface area contributed by atoms with Gasteiger partial charge in [-0.2, -0.15) is 0 Å². The van der Waals surface area contributed by atoms with Crippen molar-refractivity contribution in [1.29, 1.82) is 0 Å². The Morgan fingerprint density at radius 2 is 0.976 bits per heavy atom. The largest absolute Gasteiger partial charge is 0.695 e. The summed E-state index contributed by atoms with van der Waals surface area (Å²) in [4.78, 5) is 30.7. The van der Waals surface area contributed by atoms with E-state index >= 15 is 0 Å². The minimum absolute atomic E-state index is 0. The van der Waals surface area contributed by atoms with E-state index in [-0.39, 0.29) is 29.1 Å². The van der Waals surface area contributed by atoms with Crippen LogP contribution >= 0.6 is 0 Å². The molecule has 8 nitrogen and oxygen atoms in total. The molecule has 5 heterocycles. The van der Waals surface area contributed by atoms with Crippen LogP contribution in [0.3, 0.4) is 0 Å². The quantitative estimate of drug-likeness (QED) is 0.254. The van der Waals surface area contributed by atoms with Crippen molar-refractivity contribution in [2.45, 2.75) is 63.7 Å². The van der Waals surface area contributed by atoms with Crippen molar-refractivity contribution in [3.8, 4) is 0 Å². The van der Waals surface area contributed by atoms with Crippen LogP contribution < -0.4 is 20.9 Å². The third-order valence-electron chi connectivity index (χ3n) is 9.79. The molecule has 0 saturated heterocycles. The minimum atomic E-state index is -0.188. The molecule has 4 aromatic rings. The maximum absolute atomic E-state index is 5.22. The fourth-order valence-electron chi connectivity index (χ4n) is 7.82. The molecule has 2 aromatic carbocycles. The van der Waals surface area contributed by atoms with Crippen molar-refractivity contribution < 1.29 is 16.8 Å². The number of amidine groups is 2. The van der Waals surface area contributed by atoms with Crippen molar-refractivity contribution in [3.05, 3.63) is 70.1 Å². The molecular formula is C32H30CoN8-4. The fourth-order valence-corrected chi connectivity index (χ4v) is 7.82. The van der Waals surface area contributed by atoms with Gasteiger partial charge >= 0.3 is 0 Å². The van der Waals surface area contributed by atoms with E-state index in [9.17, 15) is 0 Å². The summed E-state index contributed by atoms with van der Waals surface area (Å²) in [5.74, 6) is 4.52. The van der Waals surface area contributed by atoms with E-state index in [0.717, 1.165) is 70.5 Å².